The van der Waals surface area contributed by atoms with Gasteiger partial charge in [0.05, 0.1) is 18.5 Å². The molecule has 1 aromatic heterocycles. The molecule has 0 amide bonds. The van der Waals surface area contributed by atoms with Gasteiger partial charge in [0.15, 0.2) is 0 Å². The summed E-state index contributed by atoms with van der Waals surface area (Å²) in [6.07, 6.45) is 2.94. The Morgan fingerprint density at radius 2 is 2.29 bits per heavy atom. The predicted molar refractivity (Wildman–Crippen MR) is 51.7 cm³/mol. The molecule has 0 aromatic carbocycles. The van der Waals surface area contributed by atoms with Crippen molar-refractivity contribution < 1.29 is 13.2 Å². The molecule has 14 heavy (non-hydrogen) atoms. The molecule has 1 aromatic rings. The van der Waals surface area contributed by atoms with Crippen molar-refractivity contribution in [3.05, 3.63) is 12.4 Å². The molecule has 0 aliphatic carbocycles. The van der Waals surface area contributed by atoms with Gasteiger partial charge in [0.2, 0.25) is 15.0 Å². The Morgan fingerprint density at radius 3 is 2.79 bits per heavy atom. The Bertz CT molecular complexity index is 356. The molecule has 5 nitrogen and oxygen atoms in total. The molecule has 0 spiro atoms. The third-order valence-corrected chi connectivity index (χ3v) is 3.09. The lowest BCUT2D eigenvalue weighted by Crippen LogP contribution is -2.16. The fraction of sp³-hybridized carbons (Fsp3) is 0.625. The predicted octanol–water partition coefficient (Wildman–Crippen LogP) is 0.608. The van der Waals surface area contributed by atoms with E-state index in [0.717, 1.165) is 0 Å². The minimum Gasteiger partial charge on any atom is -0.378 e. The summed E-state index contributed by atoms with van der Waals surface area (Å²) in [7, 11) is -3.30. The van der Waals surface area contributed by atoms with E-state index < -0.39 is 9.84 Å². The molecule has 1 N–H and O–H groups in total. The van der Waals surface area contributed by atoms with Crippen LogP contribution in [0.15, 0.2) is 17.6 Å². The van der Waals surface area contributed by atoms with Crippen LogP contribution in [0.4, 0.5) is 0 Å². The molecular formula is C8H14N2O3S. The minimum absolute atomic E-state index is 0.00450. The second kappa shape index (κ2) is 4.56. The van der Waals surface area contributed by atoms with Crippen molar-refractivity contribution in [2.24, 2.45) is 0 Å². The Kier molecular flexibility index (Phi) is 3.65. The molecular weight excluding hydrogens is 204 g/mol. The molecule has 0 radical (unpaired) electrons. The highest BCUT2D eigenvalue weighted by molar-refractivity contribution is 7.91. The van der Waals surface area contributed by atoms with Crippen molar-refractivity contribution in [3.63, 3.8) is 0 Å². The lowest BCUT2D eigenvalue weighted by atomic mass is 10.5. The average Bonchev–Trinajstić information content (AvgIpc) is 2.54. The van der Waals surface area contributed by atoms with Crippen LogP contribution in [-0.4, -0.2) is 36.8 Å². The van der Waals surface area contributed by atoms with Crippen LogP contribution in [0.3, 0.4) is 0 Å². The van der Waals surface area contributed by atoms with Gasteiger partial charge in [0, 0.05) is 12.4 Å². The molecule has 0 fully saturated rings. The first kappa shape index (κ1) is 11.2. The SMILES string of the molecule is CC(C)OCCS(=O)(=O)c1ncc[nH]1. The minimum atomic E-state index is -3.30. The van der Waals surface area contributed by atoms with Crippen LogP contribution in [0, 0.1) is 0 Å². The zero-order valence-electron chi connectivity index (χ0n) is 8.23. The fourth-order valence-electron chi connectivity index (χ4n) is 0.911. The van der Waals surface area contributed by atoms with Gasteiger partial charge in [-0.15, -0.1) is 0 Å². The summed E-state index contributed by atoms with van der Waals surface area (Å²) in [6.45, 7) is 3.92. The van der Waals surface area contributed by atoms with E-state index in [1.807, 2.05) is 13.8 Å². The number of aromatic amines is 1. The van der Waals surface area contributed by atoms with E-state index in [4.69, 9.17) is 4.74 Å². The maximum Gasteiger partial charge on any atom is 0.225 e. The topological polar surface area (TPSA) is 72.1 Å². The van der Waals surface area contributed by atoms with Crippen molar-refractivity contribution in [1.82, 2.24) is 9.97 Å². The fourth-order valence-corrected chi connectivity index (χ4v) is 1.89. The summed E-state index contributed by atoms with van der Waals surface area (Å²) in [4.78, 5) is 6.25. The highest BCUT2D eigenvalue weighted by atomic mass is 32.2. The van der Waals surface area contributed by atoms with Crippen LogP contribution in [0.25, 0.3) is 0 Å². The summed E-state index contributed by atoms with van der Waals surface area (Å²) >= 11 is 0. The third-order valence-electron chi connectivity index (χ3n) is 1.57. The number of sulfone groups is 1. The molecule has 1 rings (SSSR count). The Balaban J connectivity index is 2.52. The Morgan fingerprint density at radius 1 is 1.57 bits per heavy atom. The van der Waals surface area contributed by atoms with Gasteiger partial charge in [-0.25, -0.2) is 13.4 Å². The second-order valence-electron chi connectivity index (χ2n) is 3.13. The van der Waals surface area contributed by atoms with E-state index in [1.165, 1.54) is 12.4 Å². The monoisotopic (exact) mass is 218 g/mol. The van der Waals surface area contributed by atoms with Crippen LogP contribution in [0.1, 0.15) is 13.8 Å². The zero-order chi connectivity index (χ0) is 10.6. The van der Waals surface area contributed by atoms with Gasteiger partial charge >= 0.3 is 0 Å². The molecule has 0 aliphatic heterocycles. The zero-order valence-corrected chi connectivity index (χ0v) is 9.04. The largest absolute Gasteiger partial charge is 0.378 e. The summed E-state index contributed by atoms with van der Waals surface area (Å²) in [5.41, 5.74) is 0. The molecule has 0 saturated heterocycles. The molecule has 0 bridgehead atoms. The number of nitrogens with zero attached hydrogens (tertiary/aromatic N) is 1. The lowest BCUT2D eigenvalue weighted by molar-refractivity contribution is 0.0912. The number of rotatable bonds is 5. The summed E-state index contributed by atoms with van der Waals surface area (Å²) < 4.78 is 28.2. The molecule has 0 atom stereocenters. The number of ether oxygens (including phenoxy) is 1. The summed E-state index contributed by atoms with van der Waals surface area (Å²) in [5, 5.41) is 0.00450. The molecule has 0 aliphatic rings. The number of H-pyrrole nitrogens is 1. The van der Waals surface area contributed by atoms with Gasteiger partial charge < -0.3 is 9.72 Å². The first-order valence-electron chi connectivity index (χ1n) is 4.36. The van der Waals surface area contributed by atoms with Gasteiger partial charge in [0.25, 0.3) is 0 Å². The van der Waals surface area contributed by atoms with Gasteiger partial charge in [-0.1, -0.05) is 0 Å². The number of hydrogen-bond acceptors (Lipinski definition) is 4. The Labute approximate surface area is 83.4 Å². The smallest absolute Gasteiger partial charge is 0.225 e. The number of imidazole rings is 1. The van der Waals surface area contributed by atoms with E-state index >= 15 is 0 Å². The average molecular weight is 218 g/mol. The standard InChI is InChI=1S/C8H14N2O3S/c1-7(2)13-5-6-14(11,12)8-9-3-4-10-8/h3-4,7H,5-6H2,1-2H3,(H,9,10). The van der Waals surface area contributed by atoms with E-state index in [-0.39, 0.29) is 23.6 Å². The van der Waals surface area contributed by atoms with E-state index in [2.05, 4.69) is 9.97 Å². The second-order valence-corrected chi connectivity index (χ2v) is 5.16. The van der Waals surface area contributed by atoms with E-state index in [0.29, 0.717) is 0 Å². The lowest BCUT2D eigenvalue weighted by Gasteiger charge is -2.06. The highest BCUT2D eigenvalue weighted by Crippen LogP contribution is 2.03. The third kappa shape index (κ3) is 3.12. The van der Waals surface area contributed by atoms with Crippen LogP contribution in [0.2, 0.25) is 0 Å². The van der Waals surface area contributed by atoms with Crippen LogP contribution < -0.4 is 0 Å². The van der Waals surface area contributed by atoms with Crippen LogP contribution >= 0.6 is 0 Å². The number of nitrogens with one attached hydrogen (secondary N) is 1. The van der Waals surface area contributed by atoms with Gasteiger partial charge in [0.1, 0.15) is 0 Å². The van der Waals surface area contributed by atoms with Crippen molar-refractivity contribution in [3.8, 4) is 0 Å². The van der Waals surface area contributed by atoms with E-state index in [1.54, 1.807) is 0 Å². The van der Waals surface area contributed by atoms with Gasteiger partial charge in [-0.2, -0.15) is 0 Å². The van der Waals surface area contributed by atoms with Crippen molar-refractivity contribution in [2.75, 3.05) is 12.4 Å². The summed E-state index contributed by atoms with van der Waals surface area (Å²) in [6, 6.07) is 0. The number of aromatic nitrogens is 2. The molecule has 6 heteroatoms. The van der Waals surface area contributed by atoms with Crippen molar-refractivity contribution >= 4 is 9.84 Å². The van der Waals surface area contributed by atoms with Gasteiger partial charge in [-0.3, -0.25) is 0 Å². The first-order valence-corrected chi connectivity index (χ1v) is 6.01. The number of hydrogen-bond donors (Lipinski definition) is 1. The highest BCUT2D eigenvalue weighted by Gasteiger charge is 2.16. The first-order chi connectivity index (χ1) is 6.52. The van der Waals surface area contributed by atoms with Gasteiger partial charge in [-0.05, 0) is 13.8 Å². The maximum atomic E-state index is 11.5. The normalized spacial score (nSPS) is 12.2. The molecule has 0 saturated carbocycles. The van der Waals surface area contributed by atoms with Crippen molar-refractivity contribution in [1.29, 1.82) is 0 Å². The Hall–Kier alpha value is -0.880. The maximum absolute atomic E-state index is 11.5. The molecule has 80 valence electrons. The quantitative estimate of drug-likeness (QED) is 0.786. The van der Waals surface area contributed by atoms with Crippen LogP contribution in [0.5, 0.6) is 0 Å². The summed E-state index contributed by atoms with van der Waals surface area (Å²) in [5.74, 6) is -0.0430. The van der Waals surface area contributed by atoms with Crippen molar-refractivity contribution in [2.45, 2.75) is 25.1 Å². The molecule has 0 unspecified atom stereocenters. The van der Waals surface area contributed by atoms with E-state index in [9.17, 15) is 8.42 Å². The molecule has 1 heterocycles. The van der Waals surface area contributed by atoms with Crippen LogP contribution in [-0.2, 0) is 14.6 Å².